The van der Waals surface area contributed by atoms with Crippen molar-refractivity contribution in [3.05, 3.63) is 41.7 Å². The van der Waals surface area contributed by atoms with E-state index < -0.39 is 5.97 Å². The number of hydrogen-bond acceptors (Lipinski definition) is 3. The van der Waals surface area contributed by atoms with Gasteiger partial charge in [0.1, 0.15) is 0 Å². The van der Waals surface area contributed by atoms with Gasteiger partial charge in [0.2, 0.25) is 5.95 Å². The summed E-state index contributed by atoms with van der Waals surface area (Å²) in [6.07, 6.45) is 3.53. The number of hydrogen-bond donors (Lipinski definition) is 2. The molecule has 0 spiro atoms. The standard InChI is InChI=1S/C12H13N3O2/c1-8-7-9(3-4-10(8)11(16)17)14-12-13-5-6-15(12)2/h3-7H,1-2H3,(H,13,14)(H,16,17). The van der Waals surface area contributed by atoms with E-state index in [1.165, 1.54) is 0 Å². The number of aromatic carboxylic acids is 1. The molecule has 1 aromatic heterocycles. The summed E-state index contributed by atoms with van der Waals surface area (Å²) >= 11 is 0. The molecule has 0 bridgehead atoms. The first-order valence-electron chi connectivity index (χ1n) is 5.16. The summed E-state index contributed by atoms with van der Waals surface area (Å²) in [5.74, 6) is -0.196. The first-order valence-corrected chi connectivity index (χ1v) is 5.16. The van der Waals surface area contributed by atoms with Crippen LogP contribution in [-0.4, -0.2) is 20.6 Å². The molecule has 0 saturated heterocycles. The van der Waals surface area contributed by atoms with E-state index in [0.29, 0.717) is 11.5 Å². The van der Waals surface area contributed by atoms with E-state index in [9.17, 15) is 4.79 Å². The number of benzene rings is 1. The van der Waals surface area contributed by atoms with Gasteiger partial charge in [-0.15, -0.1) is 0 Å². The number of carbonyl (C=O) groups is 1. The van der Waals surface area contributed by atoms with Crippen molar-refractivity contribution in [2.75, 3.05) is 5.32 Å². The summed E-state index contributed by atoms with van der Waals surface area (Å²) in [6.45, 7) is 1.77. The maximum Gasteiger partial charge on any atom is 0.335 e. The highest BCUT2D eigenvalue weighted by atomic mass is 16.4. The average molecular weight is 231 g/mol. The molecule has 5 nitrogen and oxygen atoms in total. The summed E-state index contributed by atoms with van der Waals surface area (Å²) in [5, 5.41) is 12.0. The molecule has 0 radical (unpaired) electrons. The molecule has 0 saturated carbocycles. The number of carboxylic acids is 1. The molecule has 1 aromatic carbocycles. The van der Waals surface area contributed by atoms with Crippen LogP contribution in [-0.2, 0) is 7.05 Å². The zero-order valence-electron chi connectivity index (χ0n) is 9.64. The van der Waals surface area contributed by atoms with Gasteiger partial charge < -0.3 is 15.0 Å². The largest absolute Gasteiger partial charge is 0.478 e. The smallest absolute Gasteiger partial charge is 0.335 e. The maximum atomic E-state index is 10.9. The molecule has 2 aromatic rings. The highest BCUT2D eigenvalue weighted by Gasteiger charge is 2.07. The van der Waals surface area contributed by atoms with Crippen LogP contribution in [0.1, 0.15) is 15.9 Å². The molecule has 0 aliphatic carbocycles. The Morgan fingerprint density at radius 3 is 2.76 bits per heavy atom. The highest BCUT2D eigenvalue weighted by Crippen LogP contribution is 2.18. The molecule has 88 valence electrons. The number of carboxylic acid groups (broad SMARTS) is 1. The number of aromatic nitrogens is 2. The first kappa shape index (κ1) is 11.2. The van der Waals surface area contributed by atoms with Crippen LogP contribution in [0.3, 0.4) is 0 Å². The Bertz CT molecular complexity index is 561. The second kappa shape index (κ2) is 4.29. The number of nitrogens with one attached hydrogen (secondary N) is 1. The molecule has 1 heterocycles. The minimum atomic E-state index is -0.911. The van der Waals surface area contributed by atoms with Gasteiger partial charge in [-0.05, 0) is 30.7 Å². The lowest BCUT2D eigenvalue weighted by Gasteiger charge is -2.08. The van der Waals surface area contributed by atoms with E-state index in [1.807, 2.05) is 17.8 Å². The van der Waals surface area contributed by atoms with Gasteiger partial charge in [0.25, 0.3) is 0 Å². The van der Waals surface area contributed by atoms with Gasteiger partial charge in [0, 0.05) is 25.1 Å². The summed E-state index contributed by atoms with van der Waals surface area (Å²) in [5.41, 5.74) is 1.86. The molecule has 0 aliphatic heterocycles. The second-order valence-electron chi connectivity index (χ2n) is 3.82. The molecule has 2 rings (SSSR count). The number of rotatable bonds is 3. The number of anilines is 2. The lowest BCUT2D eigenvalue weighted by atomic mass is 10.1. The van der Waals surface area contributed by atoms with Crippen molar-refractivity contribution in [2.45, 2.75) is 6.92 Å². The number of imidazole rings is 1. The third-order valence-corrected chi connectivity index (χ3v) is 2.53. The monoisotopic (exact) mass is 231 g/mol. The Morgan fingerprint density at radius 1 is 1.47 bits per heavy atom. The Morgan fingerprint density at radius 2 is 2.24 bits per heavy atom. The van der Waals surface area contributed by atoms with Crippen LogP contribution in [0.15, 0.2) is 30.6 Å². The fourth-order valence-corrected chi connectivity index (χ4v) is 1.60. The second-order valence-corrected chi connectivity index (χ2v) is 3.82. The van der Waals surface area contributed by atoms with Gasteiger partial charge in [-0.3, -0.25) is 0 Å². The fraction of sp³-hybridized carbons (Fsp3) is 0.167. The van der Waals surface area contributed by atoms with Crippen molar-refractivity contribution < 1.29 is 9.90 Å². The van der Waals surface area contributed by atoms with E-state index in [4.69, 9.17) is 5.11 Å². The van der Waals surface area contributed by atoms with Gasteiger partial charge in [0.05, 0.1) is 5.56 Å². The zero-order chi connectivity index (χ0) is 12.4. The summed E-state index contributed by atoms with van der Waals surface area (Å²) in [7, 11) is 1.88. The van der Waals surface area contributed by atoms with Crippen molar-refractivity contribution in [1.82, 2.24) is 9.55 Å². The highest BCUT2D eigenvalue weighted by molar-refractivity contribution is 5.90. The fourth-order valence-electron chi connectivity index (χ4n) is 1.60. The minimum absolute atomic E-state index is 0.315. The molecule has 0 unspecified atom stereocenters. The molecule has 0 atom stereocenters. The summed E-state index contributed by atoms with van der Waals surface area (Å²) < 4.78 is 1.85. The van der Waals surface area contributed by atoms with Crippen LogP contribution < -0.4 is 5.32 Å². The maximum absolute atomic E-state index is 10.9. The number of aryl methyl sites for hydroxylation is 2. The minimum Gasteiger partial charge on any atom is -0.478 e. The summed E-state index contributed by atoms with van der Waals surface area (Å²) in [4.78, 5) is 15.0. The third-order valence-electron chi connectivity index (χ3n) is 2.53. The molecular weight excluding hydrogens is 218 g/mol. The predicted octanol–water partition coefficient (Wildman–Crippen LogP) is 2.17. The molecular formula is C12H13N3O2. The van der Waals surface area contributed by atoms with E-state index >= 15 is 0 Å². The van der Waals surface area contributed by atoms with Crippen LogP contribution in [0.2, 0.25) is 0 Å². The molecule has 0 fully saturated rings. The van der Waals surface area contributed by atoms with Gasteiger partial charge in [-0.2, -0.15) is 0 Å². The van der Waals surface area contributed by atoms with Gasteiger partial charge >= 0.3 is 5.97 Å². The van der Waals surface area contributed by atoms with E-state index in [0.717, 1.165) is 11.3 Å². The Kier molecular flexibility index (Phi) is 2.82. The lowest BCUT2D eigenvalue weighted by molar-refractivity contribution is 0.0696. The SMILES string of the molecule is Cc1cc(Nc2nccn2C)ccc1C(=O)O. The molecule has 5 heteroatoms. The van der Waals surface area contributed by atoms with Crippen LogP contribution in [0, 0.1) is 6.92 Å². The molecule has 2 N–H and O–H groups in total. The van der Waals surface area contributed by atoms with Crippen molar-refractivity contribution in [3.63, 3.8) is 0 Å². The van der Waals surface area contributed by atoms with Gasteiger partial charge in [-0.25, -0.2) is 9.78 Å². The van der Waals surface area contributed by atoms with Crippen LogP contribution in [0.5, 0.6) is 0 Å². The van der Waals surface area contributed by atoms with Gasteiger partial charge in [-0.1, -0.05) is 0 Å². The molecule has 0 amide bonds. The Hall–Kier alpha value is -2.30. The van der Waals surface area contributed by atoms with E-state index in [2.05, 4.69) is 10.3 Å². The number of nitrogens with zero attached hydrogens (tertiary/aromatic N) is 2. The quantitative estimate of drug-likeness (QED) is 0.849. The molecule has 0 aliphatic rings. The Labute approximate surface area is 98.7 Å². The first-order chi connectivity index (χ1) is 8.08. The predicted molar refractivity (Wildman–Crippen MR) is 64.6 cm³/mol. The van der Waals surface area contributed by atoms with E-state index in [-0.39, 0.29) is 0 Å². The zero-order valence-corrected chi connectivity index (χ0v) is 9.64. The van der Waals surface area contributed by atoms with Crippen molar-refractivity contribution in [1.29, 1.82) is 0 Å². The average Bonchev–Trinajstić information content (AvgIpc) is 2.64. The van der Waals surface area contributed by atoms with Crippen molar-refractivity contribution >= 4 is 17.6 Å². The van der Waals surface area contributed by atoms with Crippen molar-refractivity contribution in [3.8, 4) is 0 Å². The third kappa shape index (κ3) is 2.28. The van der Waals surface area contributed by atoms with Crippen LogP contribution >= 0.6 is 0 Å². The van der Waals surface area contributed by atoms with Gasteiger partial charge in [0.15, 0.2) is 0 Å². The van der Waals surface area contributed by atoms with Crippen molar-refractivity contribution in [2.24, 2.45) is 7.05 Å². The van der Waals surface area contributed by atoms with Crippen LogP contribution in [0.4, 0.5) is 11.6 Å². The Balaban J connectivity index is 2.27. The molecule has 17 heavy (non-hydrogen) atoms. The normalized spacial score (nSPS) is 10.2. The topological polar surface area (TPSA) is 67.2 Å². The summed E-state index contributed by atoms with van der Waals surface area (Å²) in [6, 6.07) is 5.10. The van der Waals surface area contributed by atoms with Crippen LogP contribution in [0.25, 0.3) is 0 Å². The lowest BCUT2D eigenvalue weighted by Crippen LogP contribution is -2.02. The van der Waals surface area contributed by atoms with E-state index in [1.54, 1.807) is 31.3 Å².